The molecule has 2 rings (SSSR count). The van der Waals surface area contributed by atoms with Crippen LogP contribution in [0.25, 0.3) is 0 Å². The molecule has 0 aromatic rings. The van der Waals surface area contributed by atoms with Gasteiger partial charge < -0.3 is 16.0 Å². The molecule has 0 radical (unpaired) electrons. The van der Waals surface area contributed by atoms with E-state index in [0.717, 1.165) is 31.7 Å². The number of hydrogen-bond acceptors (Lipinski definition) is 3. The van der Waals surface area contributed by atoms with Crippen LogP contribution >= 0.6 is 0 Å². The van der Waals surface area contributed by atoms with Crippen molar-refractivity contribution in [1.82, 2.24) is 10.2 Å². The number of hydrogen-bond donors (Lipinski definition) is 2. The summed E-state index contributed by atoms with van der Waals surface area (Å²) in [6, 6.07) is 0. The zero-order valence-electron chi connectivity index (χ0n) is 13.4. The average Bonchev–Trinajstić information content (AvgIpc) is 2.35. The number of carbonyl (C=O) groups is 1. The molecular formula is C16H31N3O. The lowest BCUT2D eigenvalue weighted by atomic mass is 9.68. The van der Waals surface area contributed by atoms with E-state index in [2.05, 4.69) is 31.2 Å². The highest BCUT2D eigenvalue weighted by Gasteiger charge is 2.44. The summed E-state index contributed by atoms with van der Waals surface area (Å²) in [5.41, 5.74) is 5.70. The molecule has 0 aromatic heterocycles. The average molecular weight is 281 g/mol. The molecule has 2 aliphatic carbocycles. The van der Waals surface area contributed by atoms with Crippen LogP contribution in [0.2, 0.25) is 0 Å². The van der Waals surface area contributed by atoms with Gasteiger partial charge in [0.2, 0.25) is 5.91 Å². The summed E-state index contributed by atoms with van der Waals surface area (Å²) in [4.78, 5) is 14.8. The fourth-order valence-corrected chi connectivity index (χ4v) is 3.92. The maximum absolute atomic E-state index is 12.5. The zero-order valence-corrected chi connectivity index (χ0v) is 13.4. The van der Waals surface area contributed by atoms with Gasteiger partial charge in [-0.1, -0.05) is 26.2 Å². The van der Waals surface area contributed by atoms with Gasteiger partial charge in [-0.3, -0.25) is 4.79 Å². The molecule has 0 aliphatic heterocycles. The maximum Gasteiger partial charge on any atom is 0.227 e. The third kappa shape index (κ3) is 2.86. The van der Waals surface area contributed by atoms with Crippen LogP contribution in [0, 0.1) is 11.3 Å². The number of likely N-dealkylation sites (N-methyl/N-ethyl adjacent to an activating group) is 1. The van der Waals surface area contributed by atoms with Crippen LogP contribution in [0.3, 0.4) is 0 Å². The Morgan fingerprint density at radius 3 is 2.45 bits per heavy atom. The Morgan fingerprint density at radius 2 is 2.00 bits per heavy atom. The molecule has 3 N–H and O–H groups in total. The minimum absolute atomic E-state index is 0.132. The molecule has 2 unspecified atom stereocenters. The van der Waals surface area contributed by atoms with Gasteiger partial charge in [0.1, 0.15) is 0 Å². The van der Waals surface area contributed by atoms with E-state index in [4.69, 9.17) is 5.73 Å². The SMILES string of the molecule is CC1CCCC(CNC(=O)C2(CN)CCC2)(N(C)C)C1. The molecule has 0 heterocycles. The highest BCUT2D eigenvalue weighted by atomic mass is 16.2. The first-order chi connectivity index (χ1) is 9.44. The van der Waals surface area contributed by atoms with E-state index in [0.29, 0.717) is 6.54 Å². The number of nitrogens with zero attached hydrogens (tertiary/aromatic N) is 1. The highest BCUT2D eigenvalue weighted by Crippen LogP contribution is 2.40. The Kier molecular flexibility index (Phi) is 4.75. The van der Waals surface area contributed by atoms with Crippen molar-refractivity contribution >= 4 is 5.91 Å². The molecule has 0 aromatic carbocycles. The van der Waals surface area contributed by atoms with Gasteiger partial charge in [0.15, 0.2) is 0 Å². The van der Waals surface area contributed by atoms with Crippen molar-refractivity contribution in [2.75, 3.05) is 27.2 Å². The molecule has 20 heavy (non-hydrogen) atoms. The van der Waals surface area contributed by atoms with Crippen molar-refractivity contribution in [3.8, 4) is 0 Å². The zero-order chi connectivity index (χ0) is 14.8. The van der Waals surface area contributed by atoms with Crippen LogP contribution in [0.15, 0.2) is 0 Å². The van der Waals surface area contributed by atoms with Gasteiger partial charge in [-0.2, -0.15) is 0 Å². The van der Waals surface area contributed by atoms with Crippen LogP contribution in [0.5, 0.6) is 0 Å². The monoisotopic (exact) mass is 281 g/mol. The summed E-state index contributed by atoms with van der Waals surface area (Å²) in [6.45, 7) is 3.58. The highest BCUT2D eigenvalue weighted by molar-refractivity contribution is 5.83. The predicted octanol–water partition coefficient (Wildman–Crippen LogP) is 1.74. The standard InChI is InChI=1S/C16H31N3O/c1-13-6-4-9-16(10-13,19(2)3)12-18-14(20)15(11-17)7-5-8-15/h13H,4-12,17H2,1-3H3,(H,18,20). The van der Waals surface area contributed by atoms with Crippen LogP contribution < -0.4 is 11.1 Å². The Morgan fingerprint density at radius 1 is 1.30 bits per heavy atom. The molecule has 0 saturated heterocycles. The molecule has 1 amide bonds. The van der Waals surface area contributed by atoms with Crippen molar-refractivity contribution < 1.29 is 4.79 Å². The number of nitrogens with two attached hydrogens (primary N) is 1. The fraction of sp³-hybridized carbons (Fsp3) is 0.938. The molecule has 4 heteroatoms. The van der Waals surface area contributed by atoms with Gasteiger partial charge in [0, 0.05) is 18.6 Å². The van der Waals surface area contributed by atoms with Gasteiger partial charge in [0.05, 0.1) is 5.41 Å². The van der Waals surface area contributed by atoms with E-state index in [1.807, 2.05) is 0 Å². The molecule has 0 bridgehead atoms. The molecule has 2 atom stereocenters. The smallest absolute Gasteiger partial charge is 0.227 e. The van der Waals surface area contributed by atoms with Crippen molar-refractivity contribution in [3.05, 3.63) is 0 Å². The molecule has 116 valence electrons. The summed E-state index contributed by atoms with van der Waals surface area (Å²) in [5, 5.41) is 3.23. The topological polar surface area (TPSA) is 58.4 Å². The quantitative estimate of drug-likeness (QED) is 0.807. The van der Waals surface area contributed by atoms with Gasteiger partial charge in [0.25, 0.3) is 0 Å². The third-order valence-corrected chi connectivity index (χ3v) is 5.78. The Bertz CT molecular complexity index is 346. The largest absolute Gasteiger partial charge is 0.354 e. The van der Waals surface area contributed by atoms with E-state index < -0.39 is 0 Å². The van der Waals surface area contributed by atoms with Gasteiger partial charge in [-0.15, -0.1) is 0 Å². The van der Waals surface area contributed by atoms with Crippen molar-refractivity contribution in [2.24, 2.45) is 17.1 Å². The van der Waals surface area contributed by atoms with Gasteiger partial charge in [-0.05, 0) is 45.7 Å². The lowest BCUT2D eigenvalue weighted by Gasteiger charge is -2.46. The molecular weight excluding hydrogens is 250 g/mol. The second-order valence-electron chi connectivity index (χ2n) is 7.34. The normalized spacial score (nSPS) is 32.8. The predicted molar refractivity (Wildman–Crippen MR) is 82.4 cm³/mol. The van der Waals surface area contributed by atoms with Crippen LogP contribution in [-0.4, -0.2) is 43.5 Å². The molecule has 2 aliphatic rings. The summed E-state index contributed by atoms with van der Waals surface area (Å²) >= 11 is 0. The number of rotatable bonds is 5. The first-order valence-electron chi connectivity index (χ1n) is 8.10. The van der Waals surface area contributed by atoms with Crippen molar-refractivity contribution in [3.63, 3.8) is 0 Å². The second-order valence-corrected chi connectivity index (χ2v) is 7.34. The minimum Gasteiger partial charge on any atom is -0.354 e. The molecule has 2 fully saturated rings. The lowest BCUT2D eigenvalue weighted by Crippen LogP contribution is -2.58. The molecule has 2 saturated carbocycles. The van der Waals surface area contributed by atoms with E-state index in [-0.39, 0.29) is 16.9 Å². The lowest BCUT2D eigenvalue weighted by molar-refractivity contribution is -0.136. The van der Waals surface area contributed by atoms with E-state index in [9.17, 15) is 4.79 Å². The summed E-state index contributed by atoms with van der Waals surface area (Å²) in [5.74, 6) is 0.931. The van der Waals surface area contributed by atoms with Crippen LogP contribution in [0.4, 0.5) is 0 Å². The number of nitrogens with one attached hydrogen (secondary N) is 1. The maximum atomic E-state index is 12.5. The van der Waals surface area contributed by atoms with Gasteiger partial charge in [-0.25, -0.2) is 0 Å². The molecule has 0 spiro atoms. The molecule has 4 nitrogen and oxygen atoms in total. The summed E-state index contributed by atoms with van der Waals surface area (Å²) in [7, 11) is 4.29. The van der Waals surface area contributed by atoms with E-state index >= 15 is 0 Å². The van der Waals surface area contributed by atoms with E-state index in [1.165, 1.54) is 25.7 Å². The first-order valence-corrected chi connectivity index (χ1v) is 8.10. The first kappa shape index (κ1) is 15.8. The van der Waals surface area contributed by atoms with Crippen LogP contribution in [0.1, 0.15) is 51.9 Å². The van der Waals surface area contributed by atoms with Crippen molar-refractivity contribution in [1.29, 1.82) is 0 Å². The number of carbonyl (C=O) groups excluding carboxylic acids is 1. The Labute approximate surface area is 123 Å². The Balaban J connectivity index is 1.97. The fourth-order valence-electron chi connectivity index (χ4n) is 3.92. The second kappa shape index (κ2) is 6.02. The Hall–Kier alpha value is -0.610. The van der Waals surface area contributed by atoms with Crippen LogP contribution in [-0.2, 0) is 4.79 Å². The van der Waals surface area contributed by atoms with E-state index in [1.54, 1.807) is 0 Å². The summed E-state index contributed by atoms with van der Waals surface area (Å²) in [6.07, 6.45) is 7.99. The van der Waals surface area contributed by atoms with Gasteiger partial charge >= 0.3 is 0 Å². The van der Waals surface area contributed by atoms with Crippen molar-refractivity contribution in [2.45, 2.75) is 57.4 Å². The minimum atomic E-state index is -0.256. The number of amides is 1. The summed E-state index contributed by atoms with van der Waals surface area (Å²) < 4.78 is 0. The third-order valence-electron chi connectivity index (χ3n) is 5.78.